The first-order valence-corrected chi connectivity index (χ1v) is 8.22. The smallest absolute Gasteiger partial charge is 0.338 e. The molecule has 0 atom stereocenters. The molecule has 0 aliphatic heterocycles. The number of nitrogens with zero attached hydrogens (tertiary/aromatic N) is 4. The summed E-state index contributed by atoms with van der Waals surface area (Å²) in [5, 5.41) is 8.58. The van der Waals surface area contributed by atoms with Crippen LogP contribution in [0.5, 0.6) is 0 Å². The maximum atomic E-state index is 11.8. The van der Waals surface area contributed by atoms with E-state index in [-0.39, 0.29) is 5.97 Å². The van der Waals surface area contributed by atoms with Crippen LogP contribution >= 0.6 is 0 Å². The van der Waals surface area contributed by atoms with Crippen LogP contribution in [0.4, 0.5) is 11.5 Å². The molecule has 0 saturated heterocycles. The molecule has 0 N–H and O–H groups in total. The summed E-state index contributed by atoms with van der Waals surface area (Å²) in [7, 11) is 0. The lowest BCUT2D eigenvalue weighted by Gasteiger charge is -2.02. The summed E-state index contributed by atoms with van der Waals surface area (Å²) in [6, 6.07) is 10.9. The highest BCUT2D eigenvalue weighted by Crippen LogP contribution is 2.24. The van der Waals surface area contributed by atoms with Crippen LogP contribution in [-0.4, -0.2) is 22.0 Å². The summed E-state index contributed by atoms with van der Waals surface area (Å²) in [5.41, 5.74) is 3.98. The minimum absolute atomic E-state index is 0.321. The molecular weight excluding hydrogens is 316 g/mol. The van der Waals surface area contributed by atoms with E-state index in [2.05, 4.69) is 15.2 Å². The van der Waals surface area contributed by atoms with Crippen molar-refractivity contribution in [1.82, 2.24) is 9.38 Å². The van der Waals surface area contributed by atoms with Gasteiger partial charge in [-0.2, -0.15) is 0 Å². The van der Waals surface area contributed by atoms with Crippen molar-refractivity contribution in [3.05, 3.63) is 59.4 Å². The number of aromatic nitrogens is 2. The fraction of sp³-hybridized carbons (Fsp3) is 0.263. The molecule has 0 spiro atoms. The highest BCUT2D eigenvalue weighted by Gasteiger charge is 2.08. The highest BCUT2D eigenvalue weighted by molar-refractivity contribution is 5.89. The molecule has 0 amide bonds. The summed E-state index contributed by atoms with van der Waals surface area (Å²) in [6.45, 7) is 6.31. The maximum absolute atomic E-state index is 11.8. The quantitative estimate of drug-likeness (QED) is 0.490. The number of rotatable bonds is 5. The number of azo groups is 1. The second-order valence-electron chi connectivity index (χ2n) is 5.84. The van der Waals surface area contributed by atoms with Crippen molar-refractivity contribution < 1.29 is 9.53 Å². The van der Waals surface area contributed by atoms with Gasteiger partial charge in [-0.15, -0.1) is 10.2 Å². The number of fused-ring (bicyclic) bond motifs is 1. The molecule has 2 heterocycles. The van der Waals surface area contributed by atoms with E-state index in [0.29, 0.717) is 23.7 Å². The zero-order valence-corrected chi connectivity index (χ0v) is 14.6. The number of carbonyl (C=O) groups is 1. The monoisotopic (exact) mass is 336 g/mol. The Morgan fingerprint density at radius 3 is 2.64 bits per heavy atom. The molecule has 6 heteroatoms. The molecule has 128 valence electrons. The van der Waals surface area contributed by atoms with Gasteiger partial charge in [0.25, 0.3) is 0 Å². The number of aryl methyl sites for hydroxylation is 2. The number of imidazole rings is 1. The largest absolute Gasteiger partial charge is 0.462 e. The van der Waals surface area contributed by atoms with E-state index >= 15 is 0 Å². The highest BCUT2D eigenvalue weighted by atomic mass is 16.5. The normalized spacial score (nSPS) is 11.3. The lowest BCUT2D eigenvalue weighted by molar-refractivity contribution is 0.0505. The Hall–Kier alpha value is -3.02. The Labute approximate surface area is 146 Å². The van der Waals surface area contributed by atoms with Crippen LogP contribution in [0.3, 0.4) is 0 Å². The molecule has 0 unspecified atom stereocenters. The average molecular weight is 336 g/mol. The number of ether oxygens (including phenoxy) is 1. The molecule has 0 radical (unpaired) electrons. The second kappa shape index (κ2) is 7.25. The lowest BCUT2D eigenvalue weighted by Crippen LogP contribution is -2.05. The van der Waals surface area contributed by atoms with E-state index in [1.807, 2.05) is 43.5 Å². The third-order valence-corrected chi connectivity index (χ3v) is 3.72. The zero-order chi connectivity index (χ0) is 17.8. The number of esters is 1. The third kappa shape index (κ3) is 3.74. The molecule has 6 nitrogen and oxygen atoms in total. The van der Waals surface area contributed by atoms with E-state index in [9.17, 15) is 4.79 Å². The molecular formula is C19H20N4O2. The standard InChI is InChI=1S/C19H20N4O2/c1-4-11-25-19(24)15-5-7-16(8-6-15)21-22-18-14(3)20-17-12-13(2)9-10-23(17)18/h5-10,12H,4,11H2,1-3H3. The molecule has 0 aliphatic carbocycles. The van der Waals surface area contributed by atoms with Gasteiger partial charge in [0.15, 0.2) is 5.82 Å². The van der Waals surface area contributed by atoms with Crippen molar-refractivity contribution in [3.8, 4) is 0 Å². The van der Waals surface area contributed by atoms with Gasteiger partial charge in [-0.25, -0.2) is 9.78 Å². The molecule has 25 heavy (non-hydrogen) atoms. The van der Waals surface area contributed by atoms with Gasteiger partial charge in [0.2, 0.25) is 0 Å². The number of pyridine rings is 1. The van der Waals surface area contributed by atoms with Crippen LogP contribution in [0.25, 0.3) is 5.65 Å². The first-order chi connectivity index (χ1) is 12.1. The average Bonchev–Trinajstić information content (AvgIpc) is 2.92. The molecule has 0 saturated carbocycles. The van der Waals surface area contributed by atoms with Crippen molar-refractivity contribution >= 4 is 23.1 Å². The van der Waals surface area contributed by atoms with E-state index < -0.39 is 0 Å². The van der Waals surface area contributed by atoms with Gasteiger partial charge >= 0.3 is 5.97 Å². The maximum Gasteiger partial charge on any atom is 0.338 e. The minimum Gasteiger partial charge on any atom is -0.462 e. The van der Waals surface area contributed by atoms with Crippen molar-refractivity contribution in [2.75, 3.05) is 6.61 Å². The predicted molar refractivity (Wildman–Crippen MR) is 95.9 cm³/mol. The Kier molecular flexibility index (Phi) is 4.88. The zero-order valence-electron chi connectivity index (χ0n) is 14.6. The lowest BCUT2D eigenvalue weighted by atomic mass is 10.2. The number of carbonyl (C=O) groups excluding carboxylic acids is 1. The molecule has 2 aromatic heterocycles. The van der Waals surface area contributed by atoms with Crippen LogP contribution < -0.4 is 0 Å². The van der Waals surface area contributed by atoms with Gasteiger partial charge in [-0.05, 0) is 62.2 Å². The van der Waals surface area contributed by atoms with Crippen molar-refractivity contribution in [2.45, 2.75) is 27.2 Å². The number of benzene rings is 1. The summed E-state index contributed by atoms with van der Waals surface area (Å²) >= 11 is 0. The van der Waals surface area contributed by atoms with E-state index in [1.165, 1.54) is 0 Å². The molecule has 0 bridgehead atoms. The van der Waals surface area contributed by atoms with Crippen LogP contribution in [0.15, 0.2) is 52.8 Å². The minimum atomic E-state index is -0.321. The van der Waals surface area contributed by atoms with Crippen LogP contribution in [-0.2, 0) is 4.74 Å². The first kappa shape index (κ1) is 16.8. The van der Waals surface area contributed by atoms with Gasteiger partial charge in [0.05, 0.1) is 23.6 Å². The van der Waals surface area contributed by atoms with Crippen LogP contribution in [0.2, 0.25) is 0 Å². The predicted octanol–water partition coefficient (Wildman–Crippen LogP) is 4.93. The molecule has 3 rings (SSSR count). The molecule has 1 aromatic carbocycles. The topological polar surface area (TPSA) is 68.3 Å². The van der Waals surface area contributed by atoms with E-state index in [0.717, 1.165) is 23.3 Å². The fourth-order valence-electron chi connectivity index (χ4n) is 2.42. The SMILES string of the molecule is CCCOC(=O)c1ccc(N=Nc2c(C)nc3cc(C)ccn23)cc1. The van der Waals surface area contributed by atoms with Gasteiger partial charge in [-0.3, -0.25) is 4.40 Å². The molecule has 3 aromatic rings. The van der Waals surface area contributed by atoms with Crippen molar-refractivity contribution in [1.29, 1.82) is 0 Å². The Morgan fingerprint density at radius 1 is 1.16 bits per heavy atom. The van der Waals surface area contributed by atoms with Gasteiger partial charge in [-0.1, -0.05) is 6.92 Å². The Bertz CT molecular complexity index is 926. The van der Waals surface area contributed by atoms with Gasteiger partial charge < -0.3 is 4.74 Å². The van der Waals surface area contributed by atoms with Gasteiger partial charge in [0, 0.05) is 6.20 Å². The summed E-state index contributed by atoms with van der Waals surface area (Å²) in [6.07, 6.45) is 2.74. The van der Waals surface area contributed by atoms with Gasteiger partial charge in [0.1, 0.15) is 5.65 Å². The van der Waals surface area contributed by atoms with Crippen molar-refractivity contribution in [2.24, 2.45) is 10.2 Å². The van der Waals surface area contributed by atoms with Crippen LogP contribution in [0.1, 0.15) is 35.0 Å². The first-order valence-electron chi connectivity index (χ1n) is 8.22. The Morgan fingerprint density at radius 2 is 1.92 bits per heavy atom. The number of hydrogen-bond donors (Lipinski definition) is 0. The Balaban J connectivity index is 1.80. The fourth-order valence-corrected chi connectivity index (χ4v) is 2.42. The summed E-state index contributed by atoms with van der Waals surface area (Å²) in [4.78, 5) is 16.3. The van der Waals surface area contributed by atoms with E-state index in [1.54, 1.807) is 24.3 Å². The summed E-state index contributed by atoms with van der Waals surface area (Å²) in [5.74, 6) is 0.375. The summed E-state index contributed by atoms with van der Waals surface area (Å²) < 4.78 is 7.01. The molecule has 0 fully saturated rings. The number of hydrogen-bond acceptors (Lipinski definition) is 5. The van der Waals surface area contributed by atoms with Crippen LogP contribution in [0, 0.1) is 13.8 Å². The second-order valence-corrected chi connectivity index (χ2v) is 5.84. The van der Waals surface area contributed by atoms with Crippen molar-refractivity contribution in [3.63, 3.8) is 0 Å². The van der Waals surface area contributed by atoms with E-state index in [4.69, 9.17) is 4.74 Å². The molecule has 0 aliphatic rings. The third-order valence-electron chi connectivity index (χ3n) is 3.72.